The molecule has 0 radical (unpaired) electrons. The molecule has 1 amide bonds. The Morgan fingerprint density at radius 3 is 2.56 bits per heavy atom. The Bertz CT molecular complexity index is 1270. The summed E-state index contributed by atoms with van der Waals surface area (Å²) in [5.74, 6) is -0.164. The Kier molecular flexibility index (Phi) is 6.29. The number of rotatable bonds is 6. The van der Waals surface area contributed by atoms with Gasteiger partial charge in [-0.2, -0.15) is 0 Å². The molecule has 0 saturated heterocycles. The first-order valence-corrected chi connectivity index (χ1v) is 11.3. The first kappa shape index (κ1) is 21.8. The molecule has 0 aliphatic heterocycles. The maximum atomic E-state index is 13.5. The Morgan fingerprint density at radius 1 is 1.03 bits per heavy atom. The average Bonchev–Trinajstić information content (AvgIpc) is 3.54. The van der Waals surface area contributed by atoms with Crippen molar-refractivity contribution in [2.75, 3.05) is 5.32 Å². The molecule has 34 heavy (non-hydrogen) atoms. The number of aromatic nitrogens is 4. The van der Waals surface area contributed by atoms with Gasteiger partial charge in [0, 0.05) is 17.8 Å². The van der Waals surface area contributed by atoms with Crippen molar-refractivity contribution in [3.63, 3.8) is 0 Å². The van der Waals surface area contributed by atoms with Crippen LogP contribution in [0.1, 0.15) is 37.3 Å². The molecule has 0 atom stereocenters. The normalized spacial score (nSPS) is 13.7. The molecule has 2 aromatic carbocycles. The number of ether oxygens (including phenoxy) is 1. The highest BCUT2D eigenvalue weighted by Crippen LogP contribution is 2.37. The molecule has 172 valence electrons. The Morgan fingerprint density at radius 2 is 1.79 bits per heavy atom. The third kappa shape index (κ3) is 4.80. The molecule has 1 N–H and O–H groups in total. The zero-order valence-corrected chi connectivity index (χ0v) is 18.5. The summed E-state index contributed by atoms with van der Waals surface area (Å²) in [7, 11) is 0. The summed E-state index contributed by atoms with van der Waals surface area (Å²) >= 11 is 0. The van der Waals surface area contributed by atoms with Crippen molar-refractivity contribution in [1.82, 2.24) is 19.5 Å². The molecule has 2 aromatic heterocycles. The van der Waals surface area contributed by atoms with Crippen LogP contribution in [0.2, 0.25) is 0 Å². The van der Waals surface area contributed by atoms with Gasteiger partial charge in [0.25, 0.3) is 0 Å². The first-order valence-electron chi connectivity index (χ1n) is 11.3. The minimum absolute atomic E-state index is 0.139. The molecule has 4 aromatic rings. The van der Waals surface area contributed by atoms with Crippen LogP contribution in [0.25, 0.3) is 22.6 Å². The van der Waals surface area contributed by atoms with E-state index in [1.165, 1.54) is 12.1 Å². The van der Waals surface area contributed by atoms with Crippen LogP contribution in [0, 0.1) is 5.82 Å². The molecule has 1 saturated carbocycles. The fraction of sp³-hybridized carbons (Fsp3) is 0.231. The summed E-state index contributed by atoms with van der Waals surface area (Å²) in [5.41, 5.74) is 3.84. The van der Waals surface area contributed by atoms with Crippen molar-refractivity contribution in [1.29, 1.82) is 0 Å². The summed E-state index contributed by atoms with van der Waals surface area (Å²) in [6.07, 6.45) is 7.24. The molecule has 2 heterocycles. The van der Waals surface area contributed by atoms with Gasteiger partial charge in [-0.25, -0.2) is 24.1 Å². The minimum atomic E-state index is -0.635. The molecular weight excluding hydrogens is 433 g/mol. The second-order valence-corrected chi connectivity index (χ2v) is 8.25. The molecule has 1 aliphatic carbocycles. The molecule has 0 bridgehead atoms. The standard InChI is InChI=1S/C26H24FN5O2/c27-20-12-10-19(11-13-20)23-24(32(17-29-23)21-8-4-5-9-21)22-14-15-28-25(30-22)31-26(33)34-16-18-6-2-1-3-7-18/h1-3,6-7,10-15,17,21H,4-5,8-9,16H2,(H,28,30,31,33). The number of carbonyl (C=O) groups excluding carboxylic acids is 1. The largest absolute Gasteiger partial charge is 0.444 e. The minimum Gasteiger partial charge on any atom is -0.444 e. The van der Waals surface area contributed by atoms with Crippen molar-refractivity contribution in [2.45, 2.75) is 38.3 Å². The molecule has 0 spiro atoms. The van der Waals surface area contributed by atoms with Gasteiger partial charge in [-0.15, -0.1) is 0 Å². The van der Waals surface area contributed by atoms with Crippen molar-refractivity contribution < 1.29 is 13.9 Å². The van der Waals surface area contributed by atoms with Gasteiger partial charge in [-0.3, -0.25) is 5.32 Å². The maximum absolute atomic E-state index is 13.5. The lowest BCUT2D eigenvalue weighted by atomic mass is 10.1. The quantitative estimate of drug-likeness (QED) is 0.383. The third-order valence-corrected chi connectivity index (χ3v) is 5.95. The van der Waals surface area contributed by atoms with E-state index in [4.69, 9.17) is 4.74 Å². The molecule has 1 fully saturated rings. The summed E-state index contributed by atoms with van der Waals surface area (Å²) in [6, 6.07) is 17.8. The van der Waals surface area contributed by atoms with Crippen molar-refractivity contribution in [3.05, 3.63) is 84.6 Å². The van der Waals surface area contributed by atoms with Crippen LogP contribution >= 0.6 is 0 Å². The lowest BCUT2D eigenvalue weighted by Gasteiger charge is -2.16. The SMILES string of the molecule is O=C(Nc1nccc(-c2c(-c3ccc(F)cc3)ncn2C2CCCC2)n1)OCc1ccccc1. The van der Waals surface area contributed by atoms with Crippen LogP contribution in [0.3, 0.4) is 0 Å². The van der Waals surface area contributed by atoms with E-state index >= 15 is 0 Å². The van der Waals surface area contributed by atoms with Gasteiger partial charge in [0.2, 0.25) is 5.95 Å². The number of benzene rings is 2. The number of hydrogen-bond acceptors (Lipinski definition) is 5. The van der Waals surface area contributed by atoms with Crippen LogP contribution < -0.4 is 5.32 Å². The molecule has 7 nitrogen and oxygen atoms in total. The predicted molar refractivity (Wildman–Crippen MR) is 126 cm³/mol. The fourth-order valence-corrected chi connectivity index (χ4v) is 4.29. The van der Waals surface area contributed by atoms with E-state index in [0.717, 1.165) is 42.5 Å². The van der Waals surface area contributed by atoms with Crippen molar-refractivity contribution in [2.24, 2.45) is 0 Å². The number of halogens is 1. The van der Waals surface area contributed by atoms with E-state index in [1.807, 2.05) is 36.7 Å². The number of hydrogen-bond donors (Lipinski definition) is 1. The summed E-state index contributed by atoms with van der Waals surface area (Å²) in [5, 5.41) is 2.61. The van der Waals surface area contributed by atoms with Gasteiger partial charge >= 0.3 is 6.09 Å². The van der Waals surface area contributed by atoms with E-state index in [2.05, 4.69) is 24.8 Å². The molecule has 0 unspecified atom stereocenters. The summed E-state index contributed by atoms with van der Waals surface area (Å²) < 4.78 is 21.0. The van der Waals surface area contributed by atoms with Crippen molar-refractivity contribution in [3.8, 4) is 22.6 Å². The Balaban J connectivity index is 1.42. The first-order chi connectivity index (χ1) is 16.7. The van der Waals surface area contributed by atoms with Crippen LogP contribution in [0.4, 0.5) is 15.1 Å². The molecular formula is C26H24FN5O2. The van der Waals surface area contributed by atoms with Crippen LogP contribution in [0.15, 0.2) is 73.2 Å². The smallest absolute Gasteiger partial charge is 0.414 e. The Hall–Kier alpha value is -4.07. The average molecular weight is 458 g/mol. The van der Waals surface area contributed by atoms with Gasteiger partial charge in [0.05, 0.1) is 23.4 Å². The number of carbonyl (C=O) groups is 1. The van der Waals surface area contributed by atoms with E-state index in [9.17, 15) is 9.18 Å². The number of nitrogens with zero attached hydrogens (tertiary/aromatic N) is 4. The van der Waals surface area contributed by atoms with Gasteiger partial charge in [-0.05, 0) is 48.7 Å². The van der Waals surface area contributed by atoms with Crippen LogP contribution in [-0.4, -0.2) is 25.6 Å². The zero-order valence-electron chi connectivity index (χ0n) is 18.5. The highest BCUT2D eigenvalue weighted by Gasteiger charge is 2.24. The second-order valence-electron chi connectivity index (χ2n) is 8.25. The second kappa shape index (κ2) is 9.82. The lowest BCUT2D eigenvalue weighted by Crippen LogP contribution is -2.16. The van der Waals surface area contributed by atoms with Gasteiger partial charge in [-0.1, -0.05) is 43.2 Å². The van der Waals surface area contributed by atoms with E-state index in [-0.39, 0.29) is 18.4 Å². The van der Waals surface area contributed by atoms with E-state index in [0.29, 0.717) is 17.4 Å². The maximum Gasteiger partial charge on any atom is 0.414 e. The van der Waals surface area contributed by atoms with Gasteiger partial charge in [0.15, 0.2) is 0 Å². The van der Waals surface area contributed by atoms with E-state index in [1.54, 1.807) is 24.4 Å². The third-order valence-electron chi connectivity index (χ3n) is 5.95. The molecule has 1 aliphatic rings. The van der Waals surface area contributed by atoms with Gasteiger partial charge in [0.1, 0.15) is 12.4 Å². The zero-order chi connectivity index (χ0) is 23.3. The number of nitrogens with one attached hydrogen (secondary N) is 1. The topological polar surface area (TPSA) is 81.9 Å². The number of amides is 1. The summed E-state index contributed by atoms with van der Waals surface area (Å²) in [6.45, 7) is 0.148. The molecule has 8 heteroatoms. The highest BCUT2D eigenvalue weighted by atomic mass is 19.1. The van der Waals surface area contributed by atoms with Crippen LogP contribution in [0.5, 0.6) is 0 Å². The number of imidazole rings is 1. The van der Waals surface area contributed by atoms with Crippen molar-refractivity contribution >= 4 is 12.0 Å². The highest BCUT2D eigenvalue weighted by molar-refractivity contribution is 5.83. The molecule has 5 rings (SSSR count). The van der Waals surface area contributed by atoms with Crippen LogP contribution in [-0.2, 0) is 11.3 Å². The predicted octanol–water partition coefficient (Wildman–Crippen LogP) is 6.01. The summed E-state index contributed by atoms with van der Waals surface area (Å²) in [4.78, 5) is 25.7. The monoisotopic (exact) mass is 457 g/mol. The Labute approximate surface area is 196 Å². The number of anilines is 1. The van der Waals surface area contributed by atoms with E-state index < -0.39 is 6.09 Å². The fourth-order valence-electron chi connectivity index (χ4n) is 4.29. The lowest BCUT2D eigenvalue weighted by molar-refractivity contribution is 0.155. The van der Waals surface area contributed by atoms with Gasteiger partial charge < -0.3 is 9.30 Å².